The van der Waals surface area contributed by atoms with Crippen molar-refractivity contribution < 1.29 is 37.6 Å². The zero-order chi connectivity index (χ0) is 10.1. The SMILES string of the molecule is O=C(O)c1ccc2c(Br)cccc2c1.[Hg]. The van der Waals surface area contributed by atoms with Crippen LogP contribution in [0, 0.1) is 0 Å². The predicted octanol–water partition coefficient (Wildman–Crippen LogP) is 3.30. The quantitative estimate of drug-likeness (QED) is 0.676. The number of hydrogen-bond donors (Lipinski definition) is 1. The van der Waals surface area contributed by atoms with Gasteiger partial charge in [-0.3, -0.25) is 0 Å². The molecule has 15 heavy (non-hydrogen) atoms. The third kappa shape index (κ3) is 2.58. The molecule has 1 N–H and O–H groups in total. The number of rotatable bonds is 1. The van der Waals surface area contributed by atoms with Crippen LogP contribution in [0.5, 0.6) is 0 Å². The van der Waals surface area contributed by atoms with Gasteiger partial charge in [0.05, 0.1) is 5.56 Å². The number of fused-ring (bicyclic) bond motifs is 1. The Balaban J connectivity index is 0.00000112. The Hall–Kier alpha value is -0.415. The van der Waals surface area contributed by atoms with Gasteiger partial charge in [0.15, 0.2) is 0 Å². The first kappa shape index (κ1) is 12.7. The fourth-order valence-electron chi connectivity index (χ4n) is 1.38. The van der Waals surface area contributed by atoms with Crippen molar-refractivity contribution in [2.24, 2.45) is 0 Å². The average molecular weight is 452 g/mol. The van der Waals surface area contributed by atoms with Gasteiger partial charge in [-0.05, 0) is 29.0 Å². The summed E-state index contributed by atoms with van der Waals surface area (Å²) in [5, 5.41) is 10.8. The van der Waals surface area contributed by atoms with E-state index in [2.05, 4.69) is 15.9 Å². The van der Waals surface area contributed by atoms with E-state index in [9.17, 15) is 4.79 Å². The van der Waals surface area contributed by atoms with Crippen molar-refractivity contribution in [1.82, 2.24) is 0 Å². The van der Waals surface area contributed by atoms with Crippen molar-refractivity contribution in [2.45, 2.75) is 0 Å². The molecule has 0 aliphatic rings. The molecular weight excluding hydrogens is 445 g/mol. The molecule has 2 rings (SSSR count). The Bertz CT molecular complexity index is 511. The third-order valence-electron chi connectivity index (χ3n) is 2.07. The fraction of sp³-hybridized carbons (Fsp3) is 0. The van der Waals surface area contributed by atoms with Crippen LogP contribution in [0.1, 0.15) is 10.4 Å². The second kappa shape index (κ2) is 5.08. The van der Waals surface area contributed by atoms with Crippen LogP contribution in [0.3, 0.4) is 0 Å². The van der Waals surface area contributed by atoms with Crippen LogP contribution in [0.4, 0.5) is 0 Å². The van der Waals surface area contributed by atoms with Gasteiger partial charge in [0.1, 0.15) is 0 Å². The van der Waals surface area contributed by atoms with Crippen LogP contribution < -0.4 is 0 Å². The summed E-state index contributed by atoms with van der Waals surface area (Å²) in [5.74, 6) is -0.896. The van der Waals surface area contributed by atoms with Crippen molar-refractivity contribution in [2.75, 3.05) is 0 Å². The van der Waals surface area contributed by atoms with Gasteiger partial charge >= 0.3 is 5.97 Å². The van der Waals surface area contributed by atoms with E-state index in [1.54, 1.807) is 12.1 Å². The Morgan fingerprint density at radius 3 is 2.60 bits per heavy atom. The summed E-state index contributed by atoms with van der Waals surface area (Å²) in [4.78, 5) is 10.7. The number of carbonyl (C=O) groups is 1. The molecule has 2 nitrogen and oxygen atoms in total. The summed E-state index contributed by atoms with van der Waals surface area (Å²) in [6.45, 7) is 0. The van der Waals surface area contributed by atoms with Gasteiger partial charge in [-0.25, -0.2) is 4.79 Å². The molecule has 2 aromatic carbocycles. The van der Waals surface area contributed by atoms with Gasteiger partial charge in [0, 0.05) is 32.1 Å². The topological polar surface area (TPSA) is 37.3 Å². The molecule has 0 aliphatic carbocycles. The molecule has 0 aliphatic heterocycles. The largest absolute Gasteiger partial charge is 0.478 e. The standard InChI is InChI=1S/C11H7BrO2.Hg/c12-10-3-1-2-7-6-8(11(13)14)4-5-9(7)10;/h1-6H,(H,13,14);. The van der Waals surface area contributed by atoms with Crippen molar-refractivity contribution in [3.8, 4) is 0 Å². The number of hydrogen-bond acceptors (Lipinski definition) is 1. The summed E-state index contributed by atoms with van der Waals surface area (Å²) in [7, 11) is 0. The van der Waals surface area contributed by atoms with Crippen molar-refractivity contribution in [1.29, 1.82) is 0 Å². The minimum Gasteiger partial charge on any atom is -0.478 e. The summed E-state index contributed by atoms with van der Waals surface area (Å²) < 4.78 is 0.979. The number of carboxylic acids is 1. The Morgan fingerprint density at radius 2 is 1.93 bits per heavy atom. The molecule has 0 atom stereocenters. The van der Waals surface area contributed by atoms with E-state index in [-0.39, 0.29) is 27.7 Å². The van der Waals surface area contributed by atoms with Crippen LogP contribution >= 0.6 is 15.9 Å². The summed E-state index contributed by atoms with van der Waals surface area (Å²) in [6.07, 6.45) is 0. The number of halogens is 1. The monoisotopic (exact) mass is 452 g/mol. The molecule has 0 saturated heterocycles. The first-order valence-corrected chi connectivity index (χ1v) is 4.89. The van der Waals surface area contributed by atoms with E-state index in [0.717, 1.165) is 15.2 Å². The zero-order valence-electron chi connectivity index (χ0n) is 7.90. The maximum atomic E-state index is 10.7. The molecule has 72 valence electrons. The molecule has 0 fully saturated rings. The average Bonchev–Trinajstić information content (AvgIpc) is 2.17. The normalized spacial score (nSPS) is 9.67. The maximum Gasteiger partial charge on any atom is 0.335 e. The van der Waals surface area contributed by atoms with Crippen molar-refractivity contribution in [3.05, 3.63) is 46.4 Å². The van der Waals surface area contributed by atoms with Gasteiger partial charge < -0.3 is 5.11 Å². The number of benzene rings is 2. The van der Waals surface area contributed by atoms with Gasteiger partial charge in [0.2, 0.25) is 0 Å². The third-order valence-corrected chi connectivity index (χ3v) is 2.77. The first-order chi connectivity index (χ1) is 6.68. The van der Waals surface area contributed by atoms with Crippen LogP contribution in [-0.4, -0.2) is 11.1 Å². The minimum absolute atomic E-state index is 0. The van der Waals surface area contributed by atoms with E-state index in [4.69, 9.17) is 5.11 Å². The molecule has 0 bridgehead atoms. The fourth-order valence-corrected chi connectivity index (χ4v) is 1.89. The molecule has 0 spiro atoms. The molecule has 0 radical (unpaired) electrons. The van der Waals surface area contributed by atoms with E-state index in [1.165, 1.54) is 0 Å². The van der Waals surface area contributed by atoms with Crippen LogP contribution in [0.15, 0.2) is 40.9 Å². The van der Waals surface area contributed by atoms with Gasteiger partial charge in [0.25, 0.3) is 0 Å². The van der Waals surface area contributed by atoms with Crippen LogP contribution in [0.2, 0.25) is 0 Å². The Kier molecular flexibility index (Phi) is 4.28. The molecule has 2 aromatic rings. The van der Waals surface area contributed by atoms with E-state index >= 15 is 0 Å². The molecule has 0 amide bonds. The molecule has 0 heterocycles. The van der Waals surface area contributed by atoms with Crippen LogP contribution in [-0.2, 0) is 27.7 Å². The maximum absolute atomic E-state index is 10.7. The Labute approximate surface area is 116 Å². The second-order valence-corrected chi connectivity index (χ2v) is 3.84. The smallest absolute Gasteiger partial charge is 0.335 e. The molecule has 0 aromatic heterocycles. The van der Waals surface area contributed by atoms with E-state index in [1.807, 2.05) is 24.3 Å². The Morgan fingerprint density at radius 1 is 1.20 bits per heavy atom. The van der Waals surface area contributed by atoms with E-state index < -0.39 is 5.97 Å². The number of carboxylic acid groups (broad SMARTS) is 1. The molecule has 4 heteroatoms. The van der Waals surface area contributed by atoms with E-state index in [0.29, 0.717) is 5.56 Å². The minimum atomic E-state index is -0.896. The number of aromatic carboxylic acids is 1. The van der Waals surface area contributed by atoms with Crippen molar-refractivity contribution >= 4 is 32.7 Å². The first-order valence-electron chi connectivity index (χ1n) is 4.10. The summed E-state index contributed by atoms with van der Waals surface area (Å²) in [5.41, 5.74) is 0.315. The van der Waals surface area contributed by atoms with Crippen LogP contribution in [0.25, 0.3) is 10.8 Å². The summed E-state index contributed by atoms with van der Waals surface area (Å²) >= 11 is 3.41. The molecular formula is C11H7BrHgO2. The second-order valence-electron chi connectivity index (χ2n) is 2.98. The predicted molar refractivity (Wildman–Crippen MR) is 58.6 cm³/mol. The summed E-state index contributed by atoms with van der Waals surface area (Å²) in [6, 6.07) is 10.8. The van der Waals surface area contributed by atoms with Gasteiger partial charge in [-0.1, -0.05) is 34.1 Å². The van der Waals surface area contributed by atoms with Gasteiger partial charge in [-0.2, -0.15) is 0 Å². The zero-order valence-corrected chi connectivity index (χ0v) is 15.0. The van der Waals surface area contributed by atoms with Crippen molar-refractivity contribution in [3.63, 3.8) is 0 Å². The molecule has 0 saturated carbocycles. The van der Waals surface area contributed by atoms with Gasteiger partial charge in [-0.15, -0.1) is 0 Å². The molecule has 0 unspecified atom stereocenters.